The zero-order valence-corrected chi connectivity index (χ0v) is 21.7. The van der Waals surface area contributed by atoms with Crippen molar-refractivity contribution in [1.29, 1.82) is 0 Å². The van der Waals surface area contributed by atoms with E-state index in [2.05, 4.69) is 22.0 Å². The molecule has 0 aromatic rings. The SMILES string of the molecule is CCOC(=O)C(C)CCCCCCCCC=CCCCCCCCCC1=NCCN1CCO. The number of aliphatic hydroxyl groups is 1. The Morgan fingerprint density at radius 2 is 1.55 bits per heavy atom. The van der Waals surface area contributed by atoms with Gasteiger partial charge in [0.15, 0.2) is 0 Å². The third-order valence-corrected chi connectivity index (χ3v) is 6.53. The van der Waals surface area contributed by atoms with Gasteiger partial charge in [-0.3, -0.25) is 9.79 Å². The molecule has 1 unspecified atom stereocenters. The van der Waals surface area contributed by atoms with Crippen molar-refractivity contribution >= 4 is 11.8 Å². The Kier molecular flexibility index (Phi) is 19.1. The summed E-state index contributed by atoms with van der Waals surface area (Å²) < 4.78 is 5.06. The number of hydrogen-bond donors (Lipinski definition) is 1. The number of aliphatic imine (C=N–C) groups is 1. The Morgan fingerprint density at radius 3 is 2.15 bits per heavy atom. The fourth-order valence-electron chi connectivity index (χ4n) is 4.44. The zero-order chi connectivity index (χ0) is 24.0. The second-order valence-electron chi connectivity index (χ2n) is 9.49. The molecular formula is C28H52N2O3. The molecule has 192 valence electrons. The van der Waals surface area contributed by atoms with Crippen LogP contribution < -0.4 is 0 Å². The van der Waals surface area contributed by atoms with E-state index in [4.69, 9.17) is 9.84 Å². The molecule has 0 fully saturated rings. The highest BCUT2D eigenvalue weighted by Gasteiger charge is 2.15. The van der Waals surface area contributed by atoms with E-state index < -0.39 is 0 Å². The molecule has 5 nitrogen and oxygen atoms in total. The summed E-state index contributed by atoms with van der Waals surface area (Å²) in [6.45, 7) is 7.20. The maximum atomic E-state index is 11.6. The van der Waals surface area contributed by atoms with Crippen LogP contribution in [0.1, 0.15) is 117 Å². The van der Waals surface area contributed by atoms with Gasteiger partial charge in [0.2, 0.25) is 0 Å². The number of aliphatic hydroxyl groups excluding tert-OH is 1. The number of esters is 1. The van der Waals surface area contributed by atoms with E-state index >= 15 is 0 Å². The maximum absolute atomic E-state index is 11.6. The van der Waals surface area contributed by atoms with Crippen LogP contribution >= 0.6 is 0 Å². The molecule has 33 heavy (non-hydrogen) atoms. The van der Waals surface area contributed by atoms with Crippen LogP contribution in [0.2, 0.25) is 0 Å². The van der Waals surface area contributed by atoms with E-state index in [1.807, 2.05) is 13.8 Å². The summed E-state index contributed by atoms with van der Waals surface area (Å²) >= 11 is 0. The van der Waals surface area contributed by atoms with Crippen LogP contribution in [-0.2, 0) is 9.53 Å². The predicted molar refractivity (Wildman–Crippen MR) is 140 cm³/mol. The van der Waals surface area contributed by atoms with Crippen LogP contribution in [0.3, 0.4) is 0 Å². The summed E-state index contributed by atoms with van der Waals surface area (Å²) in [5.41, 5.74) is 0. The monoisotopic (exact) mass is 464 g/mol. The van der Waals surface area contributed by atoms with Crippen LogP contribution in [0.4, 0.5) is 0 Å². The van der Waals surface area contributed by atoms with E-state index in [0.29, 0.717) is 6.61 Å². The molecule has 1 aliphatic rings. The summed E-state index contributed by atoms with van der Waals surface area (Å²) in [4.78, 5) is 18.4. The third kappa shape index (κ3) is 16.0. The highest BCUT2D eigenvalue weighted by Crippen LogP contribution is 2.15. The lowest BCUT2D eigenvalue weighted by Crippen LogP contribution is -2.30. The molecule has 0 aromatic heterocycles. The normalized spacial score (nSPS) is 14.8. The average molecular weight is 465 g/mol. The Morgan fingerprint density at radius 1 is 0.970 bits per heavy atom. The Balaban J connectivity index is 1.79. The number of rotatable bonds is 22. The number of nitrogens with zero attached hydrogens (tertiary/aromatic N) is 2. The van der Waals surface area contributed by atoms with Crippen molar-refractivity contribution in [3.05, 3.63) is 12.2 Å². The predicted octanol–water partition coefficient (Wildman–Crippen LogP) is 6.69. The van der Waals surface area contributed by atoms with Gasteiger partial charge in [0.25, 0.3) is 0 Å². The molecule has 1 N–H and O–H groups in total. The second kappa shape index (κ2) is 21.2. The smallest absolute Gasteiger partial charge is 0.308 e. The highest BCUT2D eigenvalue weighted by atomic mass is 16.5. The van der Waals surface area contributed by atoms with Crippen molar-refractivity contribution in [3.8, 4) is 0 Å². The van der Waals surface area contributed by atoms with E-state index in [9.17, 15) is 4.79 Å². The number of unbranched alkanes of at least 4 members (excludes halogenated alkanes) is 12. The number of amidine groups is 1. The molecule has 0 amide bonds. The molecule has 1 rings (SSSR count). The van der Waals surface area contributed by atoms with Gasteiger partial charge in [0, 0.05) is 19.5 Å². The largest absolute Gasteiger partial charge is 0.466 e. The minimum atomic E-state index is -0.0401. The van der Waals surface area contributed by atoms with Crippen LogP contribution in [0.25, 0.3) is 0 Å². The third-order valence-electron chi connectivity index (χ3n) is 6.53. The van der Waals surface area contributed by atoms with E-state index in [-0.39, 0.29) is 18.5 Å². The summed E-state index contributed by atoms with van der Waals surface area (Å²) in [5.74, 6) is 1.23. The van der Waals surface area contributed by atoms with Gasteiger partial charge >= 0.3 is 5.97 Å². The second-order valence-corrected chi connectivity index (χ2v) is 9.49. The van der Waals surface area contributed by atoms with Crippen LogP contribution in [-0.4, -0.2) is 54.7 Å². The van der Waals surface area contributed by atoms with Crippen molar-refractivity contribution in [2.24, 2.45) is 10.9 Å². The minimum Gasteiger partial charge on any atom is -0.466 e. The first-order chi connectivity index (χ1) is 16.2. The van der Waals surface area contributed by atoms with E-state index in [1.54, 1.807) is 0 Å². The Bertz CT molecular complexity index is 533. The molecule has 0 saturated heterocycles. The summed E-state index contributed by atoms with van der Waals surface area (Å²) in [5, 5.41) is 9.09. The van der Waals surface area contributed by atoms with Crippen LogP contribution in [0.5, 0.6) is 0 Å². The number of hydrogen-bond acceptors (Lipinski definition) is 5. The molecule has 1 atom stereocenters. The molecule has 0 radical (unpaired) electrons. The first kappa shape index (κ1) is 29.7. The Hall–Kier alpha value is -1.36. The fraction of sp³-hybridized carbons (Fsp3) is 0.857. The number of allylic oxidation sites excluding steroid dienone is 2. The lowest BCUT2D eigenvalue weighted by atomic mass is 10.0. The quantitative estimate of drug-likeness (QED) is 0.110. The van der Waals surface area contributed by atoms with Gasteiger partial charge in [-0.05, 0) is 45.4 Å². The molecule has 1 heterocycles. The Labute approximate surface area is 204 Å². The first-order valence-electron chi connectivity index (χ1n) is 13.9. The number of ether oxygens (including phenoxy) is 1. The average Bonchev–Trinajstić information content (AvgIpc) is 3.25. The van der Waals surface area contributed by atoms with Crippen molar-refractivity contribution in [3.63, 3.8) is 0 Å². The lowest BCUT2D eigenvalue weighted by molar-refractivity contribution is -0.147. The van der Waals surface area contributed by atoms with Crippen molar-refractivity contribution in [2.75, 3.05) is 32.8 Å². The maximum Gasteiger partial charge on any atom is 0.308 e. The number of β-amino-alcohol motifs (C(OH)–C–C–N with tert-alkyl or cyclic N) is 1. The van der Waals surface area contributed by atoms with Gasteiger partial charge < -0.3 is 14.7 Å². The van der Waals surface area contributed by atoms with E-state index in [0.717, 1.165) is 38.9 Å². The zero-order valence-electron chi connectivity index (χ0n) is 21.7. The van der Waals surface area contributed by atoms with Gasteiger partial charge in [-0.25, -0.2) is 0 Å². The topological polar surface area (TPSA) is 62.1 Å². The number of carbonyl (C=O) groups excluding carboxylic acids is 1. The molecular weight excluding hydrogens is 412 g/mol. The van der Waals surface area contributed by atoms with Crippen molar-refractivity contribution in [2.45, 2.75) is 117 Å². The first-order valence-corrected chi connectivity index (χ1v) is 13.9. The molecule has 0 bridgehead atoms. The molecule has 1 aliphatic heterocycles. The summed E-state index contributed by atoms with van der Waals surface area (Å²) in [6, 6.07) is 0. The molecule has 0 aromatic carbocycles. The number of carbonyl (C=O) groups is 1. The van der Waals surface area contributed by atoms with Crippen molar-refractivity contribution < 1.29 is 14.6 Å². The molecule has 0 spiro atoms. The fourth-order valence-corrected chi connectivity index (χ4v) is 4.44. The molecule has 5 heteroatoms. The molecule has 0 aliphatic carbocycles. The highest BCUT2D eigenvalue weighted by molar-refractivity contribution is 5.83. The lowest BCUT2D eigenvalue weighted by Gasteiger charge is -2.18. The minimum absolute atomic E-state index is 0.0401. The summed E-state index contributed by atoms with van der Waals surface area (Å²) in [6.07, 6.45) is 24.7. The summed E-state index contributed by atoms with van der Waals surface area (Å²) in [7, 11) is 0. The standard InChI is InChI=1S/C28H52N2O3/c1-3-33-28(32)26(2)20-18-16-14-12-10-8-6-4-5-7-9-11-13-15-17-19-21-27-29-22-23-30(27)24-25-31/h4-5,26,31H,3,6-25H2,1-2H3. The molecule has 0 saturated carbocycles. The van der Waals surface area contributed by atoms with Crippen molar-refractivity contribution in [1.82, 2.24) is 4.90 Å². The van der Waals surface area contributed by atoms with Crippen LogP contribution in [0.15, 0.2) is 17.1 Å². The van der Waals surface area contributed by atoms with Gasteiger partial charge in [0.05, 0.1) is 31.5 Å². The van der Waals surface area contributed by atoms with Gasteiger partial charge in [-0.2, -0.15) is 0 Å². The van der Waals surface area contributed by atoms with Gasteiger partial charge in [-0.1, -0.05) is 76.9 Å². The van der Waals surface area contributed by atoms with Gasteiger partial charge in [0.1, 0.15) is 0 Å². The van der Waals surface area contributed by atoms with E-state index in [1.165, 1.54) is 89.3 Å². The van der Waals surface area contributed by atoms with Gasteiger partial charge in [-0.15, -0.1) is 0 Å². The van der Waals surface area contributed by atoms with Crippen LogP contribution in [0, 0.1) is 5.92 Å².